The van der Waals surface area contributed by atoms with Crippen molar-refractivity contribution in [1.82, 2.24) is 20.3 Å². The molecule has 3 heterocycles. The van der Waals surface area contributed by atoms with Gasteiger partial charge in [0.25, 0.3) is 0 Å². The van der Waals surface area contributed by atoms with Crippen LogP contribution in [0.2, 0.25) is 0 Å². The lowest BCUT2D eigenvalue weighted by Crippen LogP contribution is -2.55. The first kappa shape index (κ1) is 22.0. The van der Waals surface area contributed by atoms with Crippen LogP contribution in [0.1, 0.15) is 31.2 Å². The molecule has 4 N–H and O–H groups in total. The molecule has 1 aromatic carbocycles. The highest BCUT2D eigenvalue weighted by atomic mass is 32.2. The van der Waals surface area contributed by atoms with Gasteiger partial charge in [-0.3, -0.25) is 4.99 Å². The third-order valence-electron chi connectivity index (χ3n) is 5.19. The van der Waals surface area contributed by atoms with Crippen LogP contribution in [0.3, 0.4) is 0 Å². The fraction of sp³-hybridized carbons (Fsp3) is 0.550. The van der Waals surface area contributed by atoms with Crippen molar-refractivity contribution in [1.29, 1.82) is 0 Å². The summed E-state index contributed by atoms with van der Waals surface area (Å²) in [6.07, 6.45) is -1.53. The Morgan fingerprint density at radius 1 is 1.26 bits per heavy atom. The zero-order valence-corrected chi connectivity index (χ0v) is 18.1. The normalized spacial score (nSPS) is 28.7. The minimum absolute atomic E-state index is 0.227. The summed E-state index contributed by atoms with van der Waals surface area (Å²) < 4.78 is 13.3. The second kappa shape index (κ2) is 9.53. The van der Waals surface area contributed by atoms with Gasteiger partial charge in [0.05, 0.1) is 18.8 Å². The Morgan fingerprint density at radius 2 is 2.03 bits per heavy atom. The molecule has 168 valence electrons. The molecule has 2 aliphatic rings. The van der Waals surface area contributed by atoms with E-state index in [1.54, 1.807) is 29.9 Å². The van der Waals surface area contributed by atoms with Gasteiger partial charge in [-0.25, -0.2) is 4.68 Å². The highest BCUT2D eigenvalue weighted by molar-refractivity contribution is 8.14. The lowest BCUT2D eigenvalue weighted by molar-refractivity contribution is -0.157. The molecule has 0 amide bonds. The topological polar surface area (TPSA) is 134 Å². The first-order valence-corrected chi connectivity index (χ1v) is 11.1. The molecule has 1 unspecified atom stereocenters. The Balaban J connectivity index is 1.32. The van der Waals surface area contributed by atoms with E-state index in [0.29, 0.717) is 16.6 Å². The van der Waals surface area contributed by atoms with Gasteiger partial charge in [-0.2, -0.15) is 0 Å². The number of rotatable bonds is 7. The number of aliphatic hydroxyl groups is 3. The predicted molar refractivity (Wildman–Crippen MR) is 115 cm³/mol. The van der Waals surface area contributed by atoms with Crippen LogP contribution in [0, 0.1) is 0 Å². The molecule has 11 heteroatoms. The minimum Gasteiger partial charge on any atom is -0.487 e. The third-order valence-corrected chi connectivity index (χ3v) is 6.29. The molecule has 1 aromatic heterocycles. The van der Waals surface area contributed by atoms with Crippen molar-refractivity contribution in [3.8, 4) is 5.75 Å². The van der Waals surface area contributed by atoms with Crippen LogP contribution in [0.15, 0.2) is 35.5 Å². The first-order valence-electron chi connectivity index (χ1n) is 10.2. The Bertz CT molecular complexity index is 906. The van der Waals surface area contributed by atoms with Crippen LogP contribution in [-0.4, -0.2) is 71.8 Å². The molecule has 2 aromatic rings. The number of nitrogens with one attached hydrogen (secondary N) is 1. The van der Waals surface area contributed by atoms with Gasteiger partial charge >= 0.3 is 0 Å². The van der Waals surface area contributed by atoms with Crippen LogP contribution >= 0.6 is 11.8 Å². The van der Waals surface area contributed by atoms with Gasteiger partial charge in [-0.15, -0.1) is 5.10 Å². The van der Waals surface area contributed by atoms with Crippen molar-refractivity contribution in [2.45, 2.75) is 62.9 Å². The van der Waals surface area contributed by atoms with Crippen molar-refractivity contribution in [3.63, 3.8) is 0 Å². The molecule has 0 bridgehead atoms. The second-order valence-electron chi connectivity index (χ2n) is 7.56. The van der Waals surface area contributed by atoms with E-state index in [1.165, 1.54) is 11.8 Å². The standard InChI is InChI=1S/C20H27N5O5S/c1-3-21-20-22-16-18(28)17(27)15(30-19(16)31-20)9-25-8-13(23-24-25)10-29-14-6-4-12(5-7-14)11(2)26/h4-8,11,15-19,26-28H,3,9-10H2,1-2H3,(H,21,22)/t11?,15-,16-,17-,18-,19-/m1/s1. The van der Waals surface area contributed by atoms with E-state index in [-0.39, 0.29) is 18.6 Å². The maximum atomic E-state index is 10.5. The van der Waals surface area contributed by atoms with E-state index in [0.717, 1.165) is 12.1 Å². The number of nitrogens with zero attached hydrogens (tertiary/aromatic N) is 4. The smallest absolute Gasteiger partial charge is 0.159 e. The van der Waals surface area contributed by atoms with Crippen LogP contribution in [0.4, 0.5) is 0 Å². The average molecular weight is 450 g/mol. The third kappa shape index (κ3) is 5.01. The molecule has 0 spiro atoms. The van der Waals surface area contributed by atoms with Gasteiger partial charge in [-0.1, -0.05) is 29.1 Å². The van der Waals surface area contributed by atoms with Gasteiger partial charge in [0.15, 0.2) is 5.17 Å². The van der Waals surface area contributed by atoms with Crippen molar-refractivity contribution in [2.75, 3.05) is 6.54 Å². The fourth-order valence-corrected chi connectivity index (χ4v) is 4.68. The zero-order chi connectivity index (χ0) is 22.0. The molecule has 6 atom stereocenters. The van der Waals surface area contributed by atoms with Gasteiger partial charge in [0.2, 0.25) is 0 Å². The summed E-state index contributed by atoms with van der Waals surface area (Å²) in [5, 5.41) is 42.6. The molecule has 31 heavy (non-hydrogen) atoms. The number of ether oxygens (including phenoxy) is 2. The highest BCUT2D eigenvalue weighted by Gasteiger charge is 2.48. The van der Waals surface area contributed by atoms with Gasteiger partial charge in [0.1, 0.15) is 47.8 Å². The van der Waals surface area contributed by atoms with E-state index in [2.05, 4.69) is 20.6 Å². The lowest BCUT2D eigenvalue weighted by Gasteiger charge is -2.38. The fourth-order valence-electron chi connectivity index (χ4n) is 3.49. The van der Waals surface area contributed by atoms with Crippen LogP contribution in [0.25, 0.3) is 0 Å². The first-order chi connectivity index (χ1) is 14.9. The largest absolute Gasteiger partial charge is 0.487 e. The SMILES string of the molecule is CCNC1=N[C@@H]2[C@@H](O)[C@H](O)[C@@H](Cn3cc(COc4ccc(C(C)O)cc4)nn3)O[C@@H]2S1. The number of aromatic nitrogens is 3. The van der Waals surface area contributed by atoms with Crippen molar-refractivity contribution >= 4 is 16.9 Å². The van der Waals surface area contributed by atoms with Crippen molar-refractivity contribution in [2.24, 2.45) is 4.99 Å². The van der Waals surface area contributed by atoms with E-state index in [1.807, 2.05) is 19.1 Å². The summed E-state index contributed by atoms with van der Waals surface area (Å²) in [4.78, 5) is 4.41. The maximum absolute atomic E-state index is 10.5. The molecular formula is C20H27N5O5S. The number of aliphatic imine (C=N–C) groups is 1. The average Bonchev–Trinajstić information content (AvgIpc) is 3.37. The van der Waals surface area contributed by atoms with Crippen LogP contribution in [-0.2, 0) is 17.9 Å². The van der Waals surface area contributed by atoms with Crippen molar-refractivity contribution in [3.05, 3.63) is 41.7 Å². The Morgan fingerprint density at radius 3 is 2.74 bits per heavy atom. The summed E-state index contributed by atoms with van der Waals surface area (Å²) in [5.74, 6) is 0.661. The molecule has 10 nitrogen and oxygen atoms in total. The summed E-state index contributed by atoms with van der Waals surface area (Å²) in [6.45, 7) is 4.87. The summed E-state index contributed by atoms with van der Waals surface area (Å²) in [7, 11) is 0. The van der Waals surface area contributed by atoms with E-state index in [4.69, 9.17) is 9.47 Å². The molecule has 0 saturated carbocycles. The quantitative estimate of drug-likeness (QED) is 0.475. The molecule has 0 radical (unpaired) electrons. The summed E-state index contributed by atoms with van der Waals surface area (Å²) >= 11 is 1.42. The molecule has 2 aliphatic heterocycles. The molecule has 1 saturated heterocycles. The highest BCUT2D eigenvalue weighted by Crippen LogP contribution is 2.36. The summed E-state index contributed by atoms with van der Waals surface area (Å²) in [6, 6.07) is 6.71. The molecular weight excluding hydrogens is 422 g/mol. The minimum atomic E-state index is -1.08. The Kier molecular flexibility index (Phi) is 6.77. The summed E-state index contributed by atoms with van der Waals surface area (Å²) in [5.41, 5.74) is 1.09. The monoisotopic (exact) mass is 449 g/mol. The molecule has 1 fully saturated rings. The lowest BCUT2D eigenvalue weighted by atomic mass is 9.98. The van der Waals surface area contributed by atoms with Crippen molar-refractivity contribution < 1.29 is 24.8 Å². The number of hydrogen-bond donors (Lipinski definition) is 4. The number of fused-ring (bicyclic) bond motifs is 1. The maximum Gasteiger partial charge on any atom is 0.159 e. The van der Waals surface area contributed by atoms with Crippen LogP contribution in [0.5, 0.6) is 5.75 Å². The van der Waals surface area contributed by atoms with E-state index in [9.17, 15) is 15.3 Å². The number of benzene rings is 1. The number of aliphatic hydroxyl groups excluding tert-OH is 3. The molecule has 0 aliphatic carbocycles. The van der Waals surface area contributed by atoms with Gasteiger partial charge in [-0.05, 0) is 31.5 Å². The van der Waals surface area contributed by atoms with Crippen LogP contribution < -0.4 is 10.1 Å². The molecule has 4 rings (SSSR count). The number of thioether (sulfide) groups is 1. The Labute approximate surface area is 184 Å². The van der Waals surface area contributed by atoms with Gasteiger partial charge in [0, 0.05) is 6.54 Å². The Hall–Kier alpha value is -2.18. The van der Waals surface area contributed by atoms with E-state index >= 15 is 0 Å². The second-order valence-corrected chi connectivity index (χ2v) is 8.65. The number of hydrogen-bond acceptors (Lipinski definition) is 10. The predicted octanol–water partition coefficient (Wildman–Crippen LogP) is 0.438. The van der Waals surface area contributed by atoms with Gasteiger partial charge < -0.3 is 30.1 Å². The van der Waals surface area contributed by atoms with E-state index < -0.39 is 30.5 Å². The zero-order valence-electron chi connectivity index (χ0n) is 17.3. The number of amidine groups is 1.